The Balaban J connectivity index is 1.22. The fraction of sp³-hybridized carbons (Fsp3) is 0.417. The molecular weight excluding hydrogens is 574 g/mol. The normalized spacial score (nSPS) is 15.9. The Labute approximate surface area is 265 Å². The zero-order valence-corrected chi connectivity index (χ0v) is 26.1. The van der Waals surface area contributed by atoms with E-state index in [4.69, 9.17) is 23.7 Å². The van der Waals surface area contributed by atoms with Gasteiger partial charge in [0.15, 0.2) is 0 Å². The molecule has 0 aromatic heterocycles. The van der Waals surface area contributed by atoms with Gasteiger partial charge in [-0.3, -0.25) is 9.59 Å². The lowest BCUT2D eigenvalue weighted by Gasteiger charge is -2.28. The van der Waals surface area contributed by atoms with E-state index in [1.165, 1.54) is 20.3 Å². The third kappa shape index (κ3) is 10.6. The van der Waals surface area contributed by atoms with Crippen molar-refractivity contribution in [2.45, 2.75) is 57.4 Å². The van der Waals surface area contributed by atoms with Crippen LogP contribution < -0.4 is 19.5 Å². The first kappa shape index (κ1) is 33.4. The highest BCUT2D eigenvalue weighted by Gasteiger charge is 2.29. The Morgan fingerprint density at radius 1 is 0.756 bits per heavy atom. The molecule has 45 heavy (non-hydrogen) atoms. The minimum atomic E-state index is -0.538. The highest BCUT2D eigenvalue weighted by molar-refractivity contribution is 6.00. The quantitative estimate of drug-likeness (QED) is 0.150. The van der Waals surface area contributed by atoms with E-state index in [1.54, 1.807) is 12.1 Å². The number of aryl methyl sites for hydroxylation is 1. The number of esters is 2. The summed E-state index contributed by atoms with van der Waals surface area (Å²) in [6.07, 6.45) is 6.17. The number of carbonyl (C=O) groups excluding carboxylic acids is 3. The van der Waals surface area contributed by atoms with Crippen LogP contribution in [-0.2, 0) is 20.7 Å². The van der Waals surface area contributed by atoms with Gasteiger partial charge >= 0.3 is 11.9 Å². The third-order valence-electron chi connectivity index (χ3n) is 7.80. The molecule has 1 amide bonds. The Bertz CT molecular complexity index is 1380. The first-order valence-electron chi connectivity index (χ1n) is 15.6. The van der Waals surface area contributed by atoms with E-state index < -0.39 is 5.97 Å². The number of carbonyl (C=O) groups is 3. The molecule has 0 saturated heterocycles. The summed E-state index contributed by atoms with van der Waals surface area (Å²) in [7, 11) is 2.67. The largest absolute Gasteiger partial charge is 0.494 e. The second kappa shape index (κ2) is 17.7. The van der Waals surface area contributed by atoms with E-state index >= 15 is 0 Å². The molecule has 0 spiro atoms. The van der Waals surface area contributed by atoms with Gasteiger partial charge in [-0.2, -0.15) is 0 Å². The Kier molecular flexibility index (Phi) is 13.1. The second-order valence-electron chi connectivity index (χ2n) is 11.1. The zero-order chi connectivity index (χ0) is 31.9. The summed E-state index contributed by atoms with van der Waals surface area (Å²) < 4.78 is 27.4. The van der Waals surface area contributed by atoms with E-state index in [0.717, 1.165) is 62.0 Å². The van der Waals surface area contributed by atoms with Crippen LogP contribution in [0, 0.1) is 5.92 Å². The van der Waals surface area contributed by atoms with Crippen molar-refractivity contribution < 1.29 is 38.1 Å². The van der Waals surface area contributed by atoms with Crippen molar-refractivity contribution in [1.82, 2.24) is 5.32 Å². The summed E-state index contributed by atoms with van der Waals surface area (Å²) in [5.41, 5.74) is 1.67. The average molecular weight is 618 g/mol. The lowest BCUT2D eigenvalue weighted by Crippen LogP contribution is -2.40. The predicted molar refractivity (Wildman–Crippen MR) is 170 cm³/mol. The molecule has 1 saturated carbocycles. The number of unbranched alkanes of at least 4 members (excludes halogenated alkanes) is 1. The van der Waals surface area contributed by atoms with Crippen LogP contribution in [-0.4, -0.2) is 57.9 Å². The molecular formula is C36H43NO8. The summed E-state index contributed by atoms with van der Waals surface area (Å²) >= 11 is 0. The first-order valence-corrected chi connectivity index (χ1v) is 15.6. The molecule has 4 rings (SSSR count). The lowest BCUT2D eigenvalue weighted by atomic mass is 9.85. The molecule has 9 nitrogen and oxygen atoms in total. The zero-order valence-electron chi connectivity index (χ0n) is 26.1. The maximum atomic E-state index is 13.3. The van der Waals surface area contributed by atoms with Crippen molar-refractivity contribution in [3.8, 4) is 17.2 Å². The highest BCUT2D eigenvalue weighted by atomic mass is 16.5. The van der Waals surface area contributed by atoms with Crippen LogP contribution in [0.2, 0.25) is 0 Å². The molecule has 3 aromatic carbocycles. The van der Waals surface area contributed by atoms with E-state index in [9.17, 15) is 14.4 Å². The summed E-state index contributed by atoms with van der Waals surface area (Å²) in [6, 6.07) is 22.4. The topological polar surface area (TPSA) is 109 Å². The fourth-order valence-corrected chi connectivity index (χ4v) is 5.35. The molecule has 0 radical (unpaired) electrons. The molecule has 0 bridgehead atoms. The molecule has 0 heterocycles. The number of benzene rings is 3. The molecule has 240 valence electrons. The summed E-state index contributed by atoms with van der Waals surface area (Å²) in [5.74, 6) is 0.710. The lowest BCUT2D eigenvalue weighted by molar-refractivity contribution is -0.146. The number of methoxy groups -OCH3 is 2. The first-order chi connectivity index (χ1) is 22.0. The van der Waals surface area contributed by atoms with Gasteiger partial charge in [0.05, 0.1) is 51.1 Å². The molecule has 1 fully saturated rings. The van der Waals surface area contributed by atoms with Crippen molar-refractivity contribution in [2.24, 2.45) is 5.92 Å². The van der Waals surface area contributed by atoms with Crippen molar-refractivity contribution in [3.05, 3.63) is 89.5 Å². The number of hydrogen-bond acceptors (Lipinski definition) is 8. The predicted octanol–water partition coefficient (Wildman–Crippen LogP) is 6.18. The third-order valence-corrected chi connectivity index (χ3v) is 7.80. The molecule has 2 unspecified atom stereocenters. The average Bonchev–Trinajstić information content (AvgIpc) is 3.08. The van der Waals surface area contributed by atoms with Gasteiger partial charge in [0.1, 0.15) is 17.2 Å². The molecule has 2 atom stereocenters. The van der Waals surface area contributed by atoms with Crippen molar-refractivity contribution in [2.75, 3.05) is 34.0 Å². The summed E-state index contributed by atoms with van der Waals surface area (Å²) in [5, 5.41) is 3.02. The van der Waals surface area contributed by atoms with Crippen LogP contribution in [0.25, 0.3) is 0 Å². The molecule has 1 aliphatic rings. The van der Waals surface area contributed by atoms with Gasteiger partial charge < -0.3 is 29.0 Å². The molecule has 9 heteroatoms. The monoisotopic (exact) mass is 617 g/mol. The van der Waals surface area contributed by atoms with Gasteiger partial charge in [-0.25, -0.2) is 4.79 Å². The molecule has 1 N–H and O–H groups in total. The number of ether oxygens (including phenoxy) is 5. The van der Waals surface area contributed by atoms with E-state index in [0.29, 0.717) is 32.0 Å². The smallest absolute Gasteiger partial charge is 0.337 e. The molecule has 3 aromatic rings. The number of rotatable bonds is 16. The van der Waals surface area contributed by atoms with Crippen molar-refractivity contribution in [3.63, 3.8) is 0 Å². The van der Waals surface area contributed by atoms with Crippen LogP contribution in [0.4, 0.5) is 0 Å². The van der Waals surface area contributed by atoms with Crippen LogP contribution >= 0.6 is 0 Å². The number of amides is 1. The van der Waals surface area contributed by atoms with Crippen LogP contribution in [0.5, 0.6) is 17.2 Å². The van der Waals surface area contributed by atoms with E-state index in [1.807, 2.05) is 54.6 Å². The minimum absolute atomic E-state index is 0.175. The van der Waals surface area contributed by atoms with Gasteiger partial charge in [-0.15, -0.1) is 0 Å². The van der Waals surface area contributed by atoms with Crippen molar-refractivity contribution in [1.29, 1.82) is 0 Å². The van der Waals surface area contributed by atoms with E-state index in [-0.39, 0.29) is 35.0 Å². The fourth-order valence-electron chi connectivity index (χ4n) is 5.35. The highest BCUT2D eigenvalue weighted by Crippen LogP contribution is 2.27. The maximum absolute atomic E-state index is 13.3. The van der Waals surface area contributed by atoms with Gasteiger partial charge in [0.25, 0.3) is 5.91 Å². The maximum Gasteiger partial charge on any atom is 0.337 e. The Morgan fingerprint density at radius 3 is 2.13 bits per heavy atom. The van der Waals surface area contributed by atoms with Crippen LogP contribution in [0.15, 0.2) is 72.8 Å². The SMILES string of the molecule is COC(=O)c1ccc(OCCCc2ccc(OCCCCOc3ccccc3)cc2)c(C(=O)NC2CCCC(C(=O)OC)C2)c1. The van der Waals surface area contributed by atoms with Crippen molar-refractivity contribution >= 4 is 17.8 Å². The van der Waals surface area contributed by atoms with Crippen LogP contribution in [0.3, 0.4) is 0 Å². The van der Waals surface area contributed by atoms with Gasteiger partial charge in [-0.1, -0.05) is 36.8 Å². The van der Waals surface area contributed by atoms with E-state index in [2.05, 4.69) is 5.32 Å². The summed E-state index contributed by atoms with van der Waals surface area (Å²) in [6.45, 7) is 1.67. The molecule has 1 aliphatic carbocycles. The van der Waals surface area contributed by atoms with Gasteiger partial charge in [-0.05, 0) is 93.0 Å². The van der Waals surface area contributed by atoms with Gasteiger partial charge in [0.2, 0.25) is 0 Å². The second-order valence-corrected chi connectivity index (χ2v) is 11.1. The number of nitrogens with one attached hydrogen (secondary N) is 1. The Hall–Kier alpha value is -4.53. The number of hydrogen-bond donors (Lipinski definition) is 1. The molecule has 0 aliphatic heterocycles. The minimum Gasteiger partial charge on any atom is -0.494 e. The van der Waals surface area contributed by atoms with Gasteiger partial charge in [0, 0.05) is 6.04 Å². The number of para-hydroxylation sites is 1. The summed E-state index contributed by atoms with van der Waals surface area (Å²) in [4.78, 5) is 37.5. The van der Waals surface area contributed by atoms with Crippen LogP contribution in [0.1, 0.15) is 71.2 Å². The Morgan fingerprint density at radius 2 is 1.44 bits per heavy atom. The standard InChI is InChI=1S/C36H43NO8/c1-41-35(39)27-11-8-12-29(24-27)37-34(38)32-25-28(36(40)42-2)17-20-33(32)45-23-9-10-26-15-18-31(19-16-26)44-22-7-6-21-43-30-13-4-3-5-14-30/h3-5,13-20,25,27,29H,6-12,21-24H2,1-2H3,(H,37,38).